The van der Waals surface area contributed by atoms with E-state index in [1.807, 2.05) is 62.3 Å². The predicted octanol–water partition coefficient (Wildman–Crippen LogP) is 3.71. The van der Waals surface area contributed by atoms with Gasteiger partial charge in [0.25, 0.3) is 0 Å². The van der Waals surface area contributed by atoms with Crippen LogP contribution in [0, 0.1) is 0 Å². The van der Waals surface area contributed by atoms with Crippen molar-refractivity contribution in [3.8, 4) is 0 Å². The Kier molecular flexibility index (Phi) is 6.24. The number of halogens is 1. The van der Waals surface area contributed by atoms with Gasteiger partial charge >= 0.3 is 6.03 Å². The van der Waals surface area contributed by atoms with Crippen molar-refractivity contribution in [2.45, 2.75) is 19.0 Å². The van der Waals surface area contributed by atoms with Crippen molar-refractivity contribution in [2.75, 3.05) is 20.6 Å². The number of rotatable bonds is 6. The van der Waals surface area contributed by atoms with E-state index in [9.17, 15) is 4.79 Å². The molecule has 2 amide bonds. The van der Waals surface area contributed by atoms with E-state index in [-0.39, 0.29) is 18.1 Å². The molecule has 2 rings (SSSR count). The lowest BCUT2D eigenvalue weighted by molar-refractivity contribution is 0.223. The van der Waals surface area contributed by atoms with Gasteiger partial charge in [0.05, 0.1) is 18.3 Å². The lowest BCUT2D eigenvalue weighted by atomic mass is 10.1. The van der Waals surface area contributed by atoms with Gasteiger partial charge in [-0.1, -0.05) is 28.1 Å². The van der Waals surface area contributed by atoms with E-state index in [1.54, 1.807) is 6.26 Å². The fourth-order valence-electron chi connectivity index (χ4n) is 2.29. The molecule has 0 aliphatic heterocycles. The number of carbonyl (C=O) groups is 1. The molecular weight excluding hydrogens is 358 g/mol. The molecule has 124 valence electrons. The van der Waals surface area contributed by atoms with Gasteiger partial charge in [-0.2, -0.15) is 0 Å². The SMILES string of the molecule is CC(NC(=O)NCC(c1ccco1)N(C)C)c1ccc(Br)cc1. The first kappa shape index (κ1) is 17.6. The summed E-state index contributed by atoms with van der Waals surface area (Å²) in [5.41, 5.74) is 1.05. The molecule has 0 radical (unpaired) electrons. The molecule has 0 aliphatic carbocycles. The third-order valence-electron chi connectivity index (χ3n) is 3.67. The summed E-state index contributed by atoms with van der Waals surface area (Å²) >= 11 is 3.41. The summed E-state index contributed by atoms with van der Waals surface area (Å²) < 4.78 is 6.45. The van der Waals surface area contributed by atoms with E-state index in [0.29, 0.717) is 6.54 Å². The van der Waals surface area contributed by atoms with Crippen molar-refractivity contribution in [3.63, 3.8) is 0 Å². The molecule has 5 nitrogen and oxygen atoms in total. The maximum Gasteiger partial charge on any atom is 0.315 e. The van der Waals surface area contributed by atoms with E-state index in [4.69, 9.17) is 4.42 Å². The highest BCUT2D eigenvalue weighted by Gasteiger charge is 2.18. The number of hydrogen-bond donors (Lipinski definition) is 2. The zero-order chi connectivity index (χ0) is 16.8. The first-order valence-corrected chi connectivity index (χ1v) is 8.26. The Bertz CT molecular complexity index is 611. The summed E-state index contributed by atoms with van der Waals surface area (Å²) in [5, 5.41) is 5.84. The first-order chi connectivity index (χ1) is 11.0. The molecular formula is C17H22BrN3O2. The second-order valence-corrected chi connectivity index (χ2v) is 6.54. The highest BCUT2D eigenvalue weighted by atomic mass is 79.9. The smallest absolute Gasteiger partial charge is 0.315 e. The second-order valence-electron chi connectivity index (χ2n) is 5.62. The molecule has 6 heteroatoms. The number of benzene rings is 1. The van der Waals surface area contributed by atoms with Crippen LogP contribution in [0.3, 0.4) is 0 Å². The molecule has 1 aromatic heterocycles. The quantitative estimate of drug-likeness (QED) is 0.804. The summed E-state index contributed by atoms with van der Waals surface area (Å²) in [4.78, 5) is 14.1. The van der Waals surface area contributed by atoms with Gasteiger partial charge in [0.15, 0.2) is 0 Å². The summed E-state index contributed by atoms with van der Waals surface area (Å²) in [6.45, 7) is 2.43. The minimum atomic E-state index is -0.196. The Morgan fingerprint density at radius 3 is 2.52 bits per heavy atom. The Hall–Kier alpha value is -1.79. The van der Waals surface area contributed by atoms with Crippen LogP contribution in [0.15, 0.2) is 51.6 Å². The van der Waals surface area contributed by atoms with Gasteiger partial charge in [-0.15, -0.1) is 0 Å². The van der Waals surface area contributed by atoms with Crippen LogP contribution >= 0.6 is 15.9 Å². The molecule has 0 bridgehead atoms. The molecule has 2 unspecified atom stereocenters. The van der Waals surface area contributed by atoms with Gasteiger partial charge in [0, 0.05) is 11.0 Å². The van der Waals surface area contributed by atoms with Gasteiger partial charge < -0.3 is 15.1 Å². The molecule has 0 spiro atoms. The number of amides is 2. The van der Waals surface area contributed by atoms with Crippen molar-refractivity contribution in [2.24, 2.45) is 0 Å². The van der Waals surface area contributed by atoms with E-state index in [2.05, 4.69) is 26.6 Å². The molecule has 0 fully saturated rings. The van der Waals surface area contributed by atoms with Crippen molar-refractivity contribution in [1.82, 2.24) is 15.5 Å². The van der Waals surface area contributed by atoms with Gasteiger partial charge in [-0.05, 0) is 50.8 Å². The Morgan fingerprint density at radius 2 is 1.96 bits per heavy atom. The number of carbonyl (C=O) groups excluding carboxylic acids is 1. The topological polar surface area (TPSA) is 57.5 Å². The fraction of sp³-hybridized carbons (Fsp3) is 0.353. The van der Waals surface area contributed by atoms with Crippen LogP contribution in [0.2, 0.25) is 0 Å². The monoisotopic (exact) mass is 379 g/mol. The van der Waals surface area contributed by atoms with Gasteiger partial charge in [0.2, 0.25) is 0 Å². The highest BCUT2D eigenvalue weighted by molar-refractivity contribution is 9.10. The van der Waals surface area contributed by atoms with Crippen molar-refractivity contribution in [1.29, 1.82) is 0 Å². The fourth-order valence-corrected chi connectivity index (χ4v) is 2.55. The molecule has 23 heavy (non-hydrogen) atoms. The van der Waals surface area contributed by atoms with E-state index in [1.165, 1.54) is 0 Å². The molecule has 0 saturated carbocycles. The van der Waals surface area contributed by atoms with Gasteiger partial charge in [-0.25, -0.2) is 4.79 Å². The Labute approximate surface area is 145 Å². The first-order valence-electron chi connectivity index (χ1n) is 7.47. The number of furan rings is 1. The van der Waals surface area contributed by atoms with Gasteiger partial charge in [-0.3, -0.25) is 4.90 Å². The third kappa shape index (κ3) is 5.11. The lowest BCUT2D eigenvalue weighted by Gasteiger charge is -2.23. The van der Waals surface area contributed by atoms with E-state index in [0.717, 1.165) is 15.8 Å². The summed E-state index contributed by atoms with van der Waals surface area (Å²) in [6.07, 6.45) is 1.64. The summed E-state index contributed by atoms with van der Waals surface area (Å²) in [6, 6.07) is 11.4. The third-order valence-corrected chi connectivity index (χ3v) is 4.20. The molecule has 0 saturated heterocycles. The molecule has 1 aromatic carbocycles. The number of nitrogens with one attached hydrogen (secondary N) is 2. The van der Waals surface area contributed by atoms with Crippen LogP contribution in [-0.4, -0.2) is 31.6 Å². The molecule has 0 aliphatic rings. The Morgan fingerprint density at radius 1 is 1.26 bits per heavy atom. The maximum absolute atomic E-state index is 12.1. The average molecular weight is 380 g/mol. The zero-order valence-electron chi connectivity index (χ0n) is 13.5. The van der Waals surface area contributed by atoms with E-state index >= 15 is 0 Å². The predicted molar refractivity (Wildman–Crippen MR) is 94.2 cm³/mol. The molecule has 2 aromatic rings. The average Bonchev–Trinajstić information content (AvgIpc) is 3.01. The number of likely N-dealkylation sites (N-methyl/N-ethyl adjacent to an activating group) is 1. The van der Waals surface area contributed by atoms with Crippen molar-refractivity contribution < 1.29 is 9.21 Å². The number of urea groups is 1. The van der Waals surface area contributed by atoms with Crippen LogP contribution in [-0.2, 0) is 0 Å². The molecule has 2 atom stereocenters. The summed E-state index contributed by atoms with van der Waals surface area (Å²) in [7, 11) is 3.91. The minimum absolute atomic E-state index is 0.00117. The standard InChI is InChI=1S/C17H22BrN3O2/c1-12(13-6-8-14(18)9-7-13)20-17(22)19-11-15(21(2)3)16-5-4-10-23-16/h4-10,12,15H,11H2,1-3H3,(H2,19,20,22). The van der Waals surface area contributed by atoms with E-state index < -0.39 is 0 Å². The van der Waals surface area contributed by atoms with Gasteiger partial charge in [0.1, 0.15) is 5.76 Å². The van der Waals surface area contributed by atoms with Crippen LogP contribution in [0.1, 0.15) is 30.3 Å². The van der Waals surface area contributed by atoms with Crippen molar-refractivity contribution in [3.05, 3.63) is 58.5 Å². The van der Waals surface area contributed by atoms with Crippen LogP contribution in [0.5, 0.6) is 0 Å². The summed E-state index contributed by atoms with van der Waals surface area (Å²) in [5.74, 6) is 0.830. The highest BCUT2D eigenvalue weighted by Crippen LogP contribution is 2.18. The molecule has 1 heterocycles. The zero-order valence-corrected chi connectivity index (χ0v) is 15.1. The Balaban J connectivity index is 1.87. The van der Waals surface area contributed by atoms with Crippen LogP contribution in [0.25, 0.3) is 0 Å². The lowest BCUT2D eigenvalue weighted by Crippen LogP contribution is -2.41. The normalized spacial score (nSPS) is 13.6. The second kappa shape index (κ2) is 8.17. The minimum Gasteiger partial charge on any atom is -0.468 e. The number of nitrogens with zero attached hydrogens (tertiary/aromatic N) is 1. The number of hydrogen-bond acceptors (Lipinski definition) is 3. The largest absolute Gasteiger partial charge is 0.468 e. The van der Waals surface area contributed by atoms with Crippen LogP contribution < -0.4 is 10.6 Å². The van der Waals surface area contributed by atoms with Crippen molar-refractivity contribution >= 4 is 22.0 Å². The van der Waals surface area contributed by atoms with Crippen LogP contribution in [0.4, 0.5) is 4.79 Å². The maximum atomic E-state index is 12.1. The molecule has 2 N–H and O–H groups in total.